The molecule has 1 atom stereocenters. The van der Waals surface area contributed by atoms with E-state index in [0.29, 0.717) is 18.8 Å². The second-order valence-corrected chi connectivity index (χ2v) is 7.62. The molecular formula is C24H24FN3O2. The molecule has 6 heteroatoms. The van der Waals surface area contributed by atoms with Gasteiger partial charge < -0.3 is 9.64 Å². The number of benzene rings is 2. The smallest absolute Gasteiger partial charge is 0.260 e. The van der Waals surface area contributed by atoms with Crippen molar-refractivity contribution >= 4 is 5.91 Å². The quantitative estimate of drug-likeness (QED) is 0.632. The van der Waals surface area contributed by atoms with Gasteiger partial charge in [-0.15, -0.1) is 0 Å². The number of ether oxygens (including phenoxy) is 1. The van der Waals surface area contributed by atoms with Crippen LogP contribution in [0.2, 0.25) is 0 Å². The maximum atomic E-state index is 13.0. The summed E-state index contributed by atoms with van der Waals surface area (Å²) in [5.41, 5.74) is 3.97. The molecule has 3 aromatic rings. The summed E-state index contributed by atoms with van der Waals surface area (Å²) in [5.74, 6) is 0.217. The Morgan fingerprint density at radius 3 is 2.83 bits per heavy atom. The number of carbonyl (C=O) groups is 1. The first-order chi connectivity index (χ1) is 14.6. The van der Waals surface area contributed by atoms with Crippen LogP contribution in [0.5, 0.6) is 5.75 Å². The summed E-state index contributed by atoms with van der Waals surface area (Å²) < 4.78 is 18.5. The monoisotopic (exact) mass is 405 g/mol. The molecule has 154 valence electrons. The van der Waals surface area contributed by atoms with E-state index in [4.69, 9.17) is 9.72 Å². The maximum absolute atomic E-state index is 13.0. The minimum Gasteiger partial charge on any atom is -0.484 e. The number of hydrogen-bond acceptors (Lipinski definition) is 4. The van der Waals surface area contributed by atoms with Crippen molar-refractivity contribution in [3.05, 3.63) is 78.0 Å². The zero-order valence-corrected chi connectivity index (χ0v) is 16.9. The fourth-order valence-electron chi connectivity index (χ4n) is 3.73. The molecule has 1 fully saturated rings. The van der Waals surface area contributed by atoms with Gasteiger partial charge in [-0.25, -0.2) is 9.37 Å². The van der Waals surface area contributed by atoms with Crippen LogP contribution in [0.3, 0.4) is 0 Å². The molecule has 1 unspecified atom stereocenters. The van der Waals surface area contributed by atoms with Crippen LogP contribution in [-0.2, 0) is 4.79 Å². The van der Waals surface area contributed by atoms with Gasteiger partial charge in [0.2, 0.25) is 0 Å². The van der Waals surface area contributed by atoms with Crippen LogP contribution in [0, 0.1) is 12.7 Å². The normalized spacial score (nSPS) is 16.3. The molecule has 0 radical (unpaired) electrons. The second kappa shape index (κ2) is 9.03. The van der Waals surface area contributed by atoms with Crippen LogP contribution in [0.25, 0.3) is 11.3 Å². The number of rotatable bonds is 5. The molecule has 1 amide bonds. The number of likely N-dealkylation sites (tertiary alicyclic amines) is 1. The molecule has 1 saturated heterocycles. The van der Waals surface area contributed by atoms with Crippen molar-refractivity contribution in [2.24, 2.45) is 0 Å². The van der Waals surface area contributed by atoms with Crippen LogP contribution in [0.1, 0.15) is 30.0 Å². The Bertz CT molecular complexity index is 1020. The largest absolute Gasteiger partial charge is 0.484 e. The molecule has 5 nitrogen and oxygen atoms in total. The number of carbonyl (C=O) groups excluding carboxylic acids is 1. The van der Waals surface area contributed by atoms with Crippen LogP contribution in [0.4, 0.5) is 4.39 Å². The Hall–Kier alpha value is -3.28. The summed E-state index contributed by atoms with van der Waals surface area (Å²) in [7, 11) is 0. The van der Waals surface area contributed by atoms with Crippen molar-refractivity contribution in [2.45, 2.75) is 25.7 Å². The lowest BCUT2D eigenvalue weighted by atomic mass is 9.94. The standard InChI is InChI=1S/C24H24FN3O2/c1-17-4-2-5-18(12-17)22-13-26-14-23(27-22)19-6-3-11-28(15-19)24(29)16-30-21-9-7-20(25)8-10-21/h2,4-5,7-10,12-14,19H,3,6,11,15-16H2,1H3. The van der Waals surface area contributed by atoms with Gasteiger partial charge in [0.25, 0.3) is 5.91 Å². The molecule has 4 rings (SSSR count). The fraction of sp³-hybridized carbons (Fsp3) is 0.292. The second-order valence-electron chi connectivity index (χ2n) is 7.62. The van der Waals surface area contributed by atoms with Gasteiger partial charge >= 0.3 is 0 Å². The first-order valence-corrected chi connectivity index (χ1v) is 10.1. The molecule has 1 aromatic heterocycles. The van der Waals surface area contributed by atoms with E-state index in [-0.39, 0.29) is 24.2 Å². The molecule has 1 aliphatic heterocycles. The molecule has 1 aliphatic rings. The fourth-order valence-corrected chi connectivity index (χ4v) is 3.73. The van der Waals surface area contributed by atoms with E-state index in [1.807, 2.05) is 17.0 Å². The van der Waals surface area contributed by atoms with Crippen LogP contribution in [-0.4, -0.2) is 40.5 Å². The zero-order valence-electron chi connectivity index (χ0n) is 16.9. The van der Waals surface area contributed by atoms with Gasteiger partial charge in [0.1, 0.15) is 11.6 Å². The number of aromatic nitrogens is 2. The Kier molecular flexibility index (Phi) is 6.02. The van der Waals surface area contributed by atoms with Crippen LogP contribution < -0.4 is 4.74 Å². The number of nitrogens with zero attached hydrogens (tertiary/aromatic N) is 3. The summed E-state index contributed by atoms with van der Waals surface area (Å²) >= 11 is 0. The van der Waals surface area contributed by atoms with Gasteiger partial charge in [0.15, 0.2) is 6.61 Å². The molecule has 0 spiro atoms. The van der Waals surface area contributed by atoms with E-state index in [2.05, 4.69) is 24.0 Å². The van der Waals surface area contributed by atoms with Crippen molar-refractivity contribution in [3.8, 4) is 17.0 Å². The van der Waals surface area contributed by atoms with Crippen molar-refractivity contribution in [1.29, 1.82) is 0 Å². The Morgan fingerprint density at radius 2 is 2.03 bits per heavy atom. The average Bonchev–Trinajstić information content (AvgIpc) is 2.79. The highest BCUT2D eigenvalue weighted by Crippen LogP contribution is 2.27. The van der Waals surface area contributed by atoms with Crippen molar-refractivity contribution < 1.29 is 13.9 Å². The minimum absolute atomic E-state index is 0.0621. The maximum Gasteiger partial charge on any atom is 0.260 e. The first-order valence-electron chi connectivity index (χ1n) is 10.1. The predicted molar refractivity (Wildman–Crippen MR) is 113 cm³/mol. The number of aryl methyl sites for hydroxylation is 1. The Balaban J connectivity index is 1.41. The van der Waals surface area contributed by atoms with Gasteiger partial charge in [0, 0.05) is 30.8 Å². The lowest BCUT2D eigenvalue weighted by Crippen LogP contribution is -2.41. The number of halogens is 1. The summed E-state index contributed by atoms with van der Waals surface area (Å²) in [5, 5.41) is 0. The number of piperidine rings is 1. The molecule has 30 heavy (non-hydrogen) atoms. The van der Waals surface area contributed by atoms with Gasteiger partial charge in [0.05, 0.1) is 17.6 Å². The topological polar surface area (TPSA) is 55.3 Å². The third-order valence-electron chi connectivity index (χ3n) is 5.34. The lowest BCUT2D eigenvalue weighted by molar-refractivity contribution is -0.134. The molecule has 2 aromatic carbocycles. The third-order valence-corrected chi connectivity index (χ3v) is 5.34. The molecule has 0 bridgehead atoms. The van der Waals surface area contributed by atoms with E-state index in [1.54, 1.807) is 12.4 Å². The number of hydrogen-bond donors (Lipinski definition) is 0. The van der Waals surface area contributed by atoms with E-state index in [1.165, 1.54) is 29.8 Å². The van der Waals surface area contributed by atoms with E-state index < -0.39 is 0 Å². The lowest BCUT2D eigenvalue weighted by Gasteiger charge is -2.32. The highest BCUT2D eigenvalue weighted by atomic mass is 19.1. The summed E-state index contributed by atoms with van der Waals surface area (Å²) in [6.07, 6.45) is 5.45. The summed E-state index contributed by atoms with van der Waals surface area (Å²) in [4.78, 5) is 23.7. The molecule has 0 aliphatic carbocycles. The predicted octanol–water partition coefficient (Wildman–Crippen LogP) is 4.38. The first kappa shape index (κ1) is 20.0. The summed E-state index contributed by atoms with van der Waals surface area (Å²) in [6.45, 7) is 3.29. The van der Waals surface area contributed by atoms with Crippen LogP contribution in [0.15, 0.2) is 60.9 Å². The Labute approximate surface area is 175 Å². The van der Waals surface area contributed by atoms with Gasteiger partial charge in [-0.05, 0) is 50.1 Å². The summed E-state index contributed by atoms with van der Waals surface area (Å²) in [6, 6.07) is 13.9. The van der Waals surface area contributed by atoms with Crippen molar-refractivity contribution in [1.82, 2.24) is 14.9 Å². The highest BCUT2D eigenvalue weighted by molar-refractivity contribution is 5.78. The van der Waals surface area contributed by atoms with Gasteiger partial charge in [-0.1, -0.05) is 23.8 Å². The average molecular weight is 405 g/mol. The van der Waals surface area contributed by atoms with Crippen LogP contribution >= 0.6 is 0 Å². The van der Waals surface area contributed by atoms with E-state index >= 15 is 0 Å². The third kappa shape index (κ3) is 4.82. The molecule has 0 N–H and O–H groups in total. The van der Waals surface area contributed by atoms with Gasteiger partial charge in [-0.3, -0.25) is 9.78 Å². The van der Waals surface area contributed by atoms with Gasteiger partial charge in [-0.2, -0.15) is 0 Å². The number of amides is 1. The zero-order chi connectivity index (χ0) is 20.9. The molecule has 2 heterocycles. The van der Waals surface area contributed by atoms with E-state index in [0.717, 1.165) is 29.8 Å². The SMILES string of the molecule is Cc1cccc(-c2cncc(C3CCCN(C(=O)COc4ccc(F)cc4)C3)n2)c1. The van der Waals surface area contributed by atoms with Crippen molar-refractivity contribution in [2.75, 3.05) is 19.7 Å². The Morgan fingerprint density at radius 1 is 1.20 bits per heavy atom. The van der Waals surface area contributed by atoms with Crippen molar-refractivity contribution in [3.63, 3.8) is 0 Å². The highest BCUT2D eigenvalue weighted by Gasteiger charge is 2.26. The minimum atomic E-state index is -0.332. The molecular weight excluding hydrogens is 381 g/mol. The van der Waals surface area contributed by atoms with E-state index in [9.17, 15) is 9.18 Å². The molecule has 0 saturated carbocycles.